The highest BCUT2D eigenvalue weighted by atomic mass is 16.3. The van der Waals surface area contributed by atoms with Crippen LogP contribution in [0, 0.1) is 0 Å². The number of carbonyl (C=O) groups is 1. The van der Waals surface area contributed by atoms with E-state index in [4.69, 9.17) is 10.8 Å². The van der Waals surface area contributed by atoms with Gasteiger partial charge in [-0.2, -0.15) is 5.10 Å². The Bertz CT molecular complexity index is 384. The van der Waals surface area contributed by atoms with E-state index in [1.54, 1.807) is 0 Å². The average molecular weight is 224 g/mol. The van der Waals surface area contributed by atoms with E-state index in [-0.39, 0.29) is 18.2 Å². The van der Waals surface area contributed by atoms with Crippen LogP contribution < -0.4 is 11.1 Å². The quantitative estimate of drug-likeness (QED) is 0.528. The molecule has 0 atom stereocenters. The molecule has 0 aromatic carbocycles. The SMILES string of the molecule is Nc1c(C(=O)NCCCO)n[nH]c1C1CC1. The normalized spacial score (nSPS) is 15.1. The van der Waals surface area contributed by atoms with Gasteiger partial charge in [0, 0.05) is 19.1 Å². The van der Waals surface area contributed by atoms with Crippen molar-refractivity contribution in [1.82, 2.24) is 15.5 Å². The van der Waals surface area contributed by atoms with Crippen LogP contribution in [0.5, 0.6) is 0 Å². The maximum absolute atomic E-state index is 11.6. The number of anilines is 1. The van der Waals surface area contributed by atoms with Crippen molar-refractivity contribution in [2.75, 3.05) is 18.9 Å². The van der Waals surface area contributed by atoms with Gasteiger partial charge in [-0.15, -0.1) is 0 Å². The molecule has 5 N–H and O–H groups in total. The standard InChI is InChI=1S/C10H16N4O2/c11-7-8(6-2-3-6)13-14-9(7)10(16)12-4-1-5-15/h6,15H,1-5,11H2,(H,12,16)(H,13,14). The molecule has 1 heterocycles. The van der Waals surface area contributed by atoms with Crippen molar-refractivity contribution >= 4 is 11.6 Å². The maximum atomic E-state index is 11.6. The molecular formula is C10H16N4O2. The van der Waals surface area contributed by atoms with Crippen LogP contribution in [0.15, 0.2) is 0 Å². The number of nitrogens with one attached hydrogen (secondary N) is 2. The molecule has 1 aliphatic carbocycles. The monoisotopic (exact) mass is 224 g/mol. The zero-order chi connectivity index (χ0) is 11.5. The molecule has 0 bridgehead atoms. The first-order chi connectivity index (χ1) is 7.74. The number of H-pyrrole nitrogens is 1. The first-order valence-electron chi connectivity index (χ1n) is 5.46. The number of nitrogens with zero attached hydrogens (tertiary/aromatic N) is 1. The molecule has 88 valence electrons. The summed E-state index contributed by atoms with van der Waals surface area (Å²) >= 11 is 0. The first kappa shape index (κ1) is 10.9. The Balaban J connectivity index is 1.99. The number of aromatic amines is 1. The van der Waals surface area contributed by atoms with Gasteiger partial charge in [-0.3, -0.25) is 9.89 Å². The van der Waals surface area contributed by atoms with E-state index in [1.807, 2.05) is 0 Å². The number of hydrogen-bond donors (Lipinski definition) is 4. The lowest BCUT2D eigenvalue weighted by molar-refractivity contribution is 0.0947. The predicted molar refractivity (Wildman–Crippen MR) is 59.0 cm³/mol. The molecule has 1 saturated carbocycles. The smallest absolute Gasteiger partial charge is 0.273 e. The van der Waals surface area contributed by atoms with Crippen LogP contribution in [0.2, 0.25) is 0 Å². The van der Waals surface area contributed by atoms with E-state index in [0.717, 1.165) is 18.5 Å². The second kappa shape index (κ2) is 4.52. The zero-order valence-electron chi connectivity index (χ0n) is 8.99. The molecule has 0 radical (unpaired) electrons. The van der Waals surface area contributed by atoms with Gasteiger partial charge in [0.15, 0.2) is 5.69 Å². The first-order valence-corrected chi connectivity index (χ1v) is 5.46. The van der Waals surface area contributed by atoms with Crippen molar-refractivity contribution < 1.29 is 9.90 Å². The third-order valence-electron chi connectivity index (χ3n) is 2.65. The summed E-state index contributed by atoms with van der Waals surface area (Å²) in [7, 11) is 0. The lowest BCUT2D eigenvalue weighted by Crippen LogP contribution is -2.26. The molecule has 0 unspecified atom stereocenters. The van der Waals surface area contributed by atoms with Gasteiger partial charge in [0.05, 0.1) is 11.4 Å². The fraction of sp³-hybridized carbons (Fsp3) is 0.600. The van der Waals surface area contributed by atoms with Crippen molar-refractivity contribution in [1.29, 1.82) is 0 Å². The highest BCUT2D eigenvalue weighted by molar-refractivity contribution is 5.97. The molecule has 16 heavy (non-hydrogen) atoms. The van der Waals surface area contributed by atoms with E-state index < -0.39 is 0 Å². The second-order valence-electron chi connectivity index (χ2n) is 4.01. The Hall–Kier alpha value is -1.56. The summed E-state index contributed by atoms with van der Waals surface area (Å²) in [5.74, 6) is 0.167. The van der Waals surface area contributed by atoms with E-state index in [1.165, 1.54) is 0 Å². The Kier molecular flexibility index (Phi) is 3.09. The third-order valence-corrected chi connectivity index (χ3v) is 2.65. The highest BCUT2D eigenvalue weighted by Crippen LogP contribution is 2.42. The minimum absolute atomic E-state index is 0.0592. The van der Waals surface area contributed by atoms with Crippen LogP contribution in [0.1, 0.15) is 41.4 Å². The maximum Gasteiger partial charge on any atom is 0.273 e. The molecule has 0 saturated heterocycles. The molecule has 6 heteroatoms. The van der Waals surface area contributed by atoms with Gasteiger partial charge >= 0.3 is 0 Å². The van der Waals surface area contributed by atoms with Crippen LogP contribution in [0.3, 0.4) is 0 Å². The van der Waals surface area contributed by atoms with Gasteiger partial charge in [-0.05, 0) is 19.3 Å². The fourth-order valence-corrected chi connectivity index (χ4v) is 1.59. The summed E-state index contributed by atoms with van der Waals surface area (Å²) in [6.45, 7) is 0.490. The van der Waals surface area contributed by atoms with Crippen LogP contribution in [-0.4, -0.2) is 34.4 Å². The summed E-state index contributed by atoms with van der Waals surface area (Å²) in [5, 5.41) is 18.0. The molecule has 2 rings (SSSR count). The minimum Gasteiger partial charge on any atom is -0.396 e. The summed E-state index contributed by atoms with van der Waals surface area (Å²) < 4.78 is 0. The number of nitrogens with two attached hydrogens (primary N) is 1. The van der Waals surface area contributed by atoms with Gasteiger partial charge in [-0.25, -0.2) is 0 Å². The topological polar surface area (TPSA) is 104 Å². The highest BCUT2D eigenvalue weighted by Gasteiger charge is 2.30. The number of amides is 1. The number of rotatable bonds is 5. The number of aliphatic hydroxyl groups is 1. The molecule has 1 fully saturated rings. The van der Waals surface area contributed by atoms with E-state index in [9.17, 15) is 4.79 Å². The number of hydrogen-bond acceptors (Lipinski definition) is 4. The molecule has 6 nitrogen and oxygen atoms in total. The van der Waals surface area contributed by atoms with Crippen LogP contribution in [0.25, 0.3) is 0 Å². The second-order valence-corrected chi connectivity index (χ2v) is 4.01. The number of nitrogen functional groups attached to an aromatic ring is 1. The predicted octanol–water partition coefficient (Wildman–Crippen LogP) is -0.0185. The molecule has 1 aliphatic rings. The molecule has 1 aromatic rings. The summed E-state index contributed by atoms with van der Waals surface area (Å²) in [6, 6.07) is 0. The van der Waals surface area contributed by atoms with Gasteiger partial charge < -0.3 is 16.2 Å². The Morgan fingerprint density at radius 2 is 2.38 bits per heavy atom. The lowest BCUT2D eigenvalue weighted by atomic mass is 10.2. The number of aliphatic hydroxyl groups excluding tert-OH is 1. The van der Waals surface area contributed by atoms with Gasteiger partial charge in [-0.1, -0.05) is 0 Å². The van der Waals surface area contributed by atoms with Crippen LogP contribution in [-0.2, 0) is 0 Å². The van der Waals surface area contributed by atoms with E-state index in [0.29, 0.717) is 24.6 Å². The summed E-state index contributed by atoms with van der Waals surface area (Å²) in [6.07, 6.45) is 2.75. The number of carbonyl (C=O) groups excluding carboxylic acids is 1. The van der Waals surface area contributed by atoms with Crippen LogP contribution in [0.4, 0.5) is 5.69 Å². The van der Waals surface area contributed by atoms with Gasteiger partial charge in [0.25, 0.3) is 5.91 Å². The average Bonchev–Trinajstić information content (AvgIpc) is 3.03. The number of aromatic nitrogens is 2. The molecule has 0 aliphatic heterocycles. The lowest BCUT2D eigenvalue weighted by Gasteiger charge is -2.02. The summed E-state index contributed by atoms with van der Waals surface area (Å²) in [5.41, 5.74) is 7.45. The summed E-state index contributed by atoms with van der Waals surface area (Å²) in [4.78, 5) is 11.6. The van der Waals surface area contributed by atoms with Crippen molar-refractivity contribution in [3.05, 3.63) is 11.4 Å². The van der Waals surface area contributed by atoms with Crippen molar-refractivity contribution in [3.8, 4) is 0 Å². The fourth-order valence-electron chi connectivity index (χ4n) is 1.59. The largest absolute Gasteiger partial charge is 0.396 e. The van der Waals surface area contributed by atoms with Crippen molar-refractivity contribution in [3.63, 3.8) is 0 Å². The minimum atomic E-state index is -0.283. The Morgan fingerprint density at radius 1 is 1.62 bits per heavy atom. The van der Waals surface area contributed by atoms with Crippen LogP contribution >= 0.6 is 0 Å². The Morgan fingerprint density at radius 3 is 3.00 bits per heavy atom. The molecule has 1 amide bonds. The van der Waals surface area contributed by atoms with Gasteiger partial charge in [0.2, 0.25) is 0 Å². The molecule has 0 spiro atoms. The Labute approximate surface area is 93.2 Å². The van der Waals surface area contributed by atoms with E-state index >= 15 is 0 Å². The van der Waals surface area contributed by atoms with Crippen molar-refractivity contribution in [2.24, 2.45) is 0 Å². The zero-order valence-corrected chi connectivity index (χ0v) is 8.99. The van der Waals surface area contributed by atoms with Gasteiger partial charge in [0.1, 0.15) is 0 Å². The molecular weight excluding hydrogens is 208 g/mol. The molecule has 1 aromatic heterocycles. The third kappa shape index (κ3) is 2.16. The van der Waals surface area contributed by atoms with E-state index in [2.05, 4.69) is 15.5 Å². The van der Waals surface area contributed by atoms with Crippen molar-refractivity contribution in [2.45, 2.75) is 25.2 Å².